The van der Waals surface area contributed by atoms with E-state index in [2.05, 4.69) is 23.6 Å². The lowest BCUT2D eigenvalue weighted by Crippen LogP contribution is -1.54. The molecule has 0 heterocycles. The molecule has 0 aliphatic rings. The Morgan fingerprint density at radius 1 is 1.33 bits per heavy atom. The van der Waals surface area contributed by atoms with Crippen LogP contribution in [0.3, 0.4) is 0 Å². The van der Waals surface area contributed by atoms with Gasteiger partial charge in [-0.3, -0.25) is 5.41 Å². The van der Waals surface area contributed by atoms with Crippen LogP contribution in [0.25, 0.3) is 0 Å². The van der Waals surface area contributed by atoms with Crippen LogP contribution < -0.4 is 0 Å². The van der Waals surface area contributed by atoms with Crippen LogP contribution in [0.15, 0.2) is 0 Å². The summed E-state index contributed by atoms with van der Waals surface area (Å²) >= 11 is 8.90. The zero-order chi connectivity index (χ0) is 4.99. The van der Waals surface area contributed by atoms with Gasteiger partial charge >= 0.3 is 0 Å². The third kappa shape index (κ3) is 2.92. The van der Waals surface area contributed by atoms with E-state index in [9.17, 15) is 0 Å². The Hall–Kier alpha value is 0.710. The summed E-state index contributed by atoms with van der Waals surface area (Å²) < 4.78 is 0. The van der Waals surface area contributed by atoms with Gasteiger partial charge in [0.2, 0.25) is 0 Å². The van der Waals surface area contributed by atoms with E-state index in [1.807, 2.05) is 0 Å². The zero-order valence-corrected chi connectivity index (χ0v) is 6.13. The first-order chi connectivity index (χ1) is 2.81. The quantitative estimate of drug-likeness (QED) is 0.482. The fourth-order valence-corrected chi connectivity index (χ4v) is 1.35. The molecule has 0 atom stereocenters. The average Bonchev–Trinajstić information content (AvgIpc) is 1.65. The molecule has 0 aromatic rings. The van der Waals surface area contributed by atoms with E-state index in [4.69, 9.17) is 5.41 Å². The SMILES string of the molecule is N=C(P=S)P=S. The summed E-state index contributed by atoms with van der Waals surface area (Å²) in [6.07, 6.45) is 0. The van der Waals surface area contributed by atoms with Crippen molar-refractivity contribution in [1.82, 2.24) is 0 Å². The van der Waals surface area contributed by atoms with E-state index >= 15 is 0 Å². The van der Waals surface area contributed by atoms with Crippen molar-refractivity contribution in [3.05, 3.63) is 0 Å². The van der Waals surface area contributed by atoms with E-state index in [0.717, 1.165) is 0 Å². The average molecular weight is 153 g/mol. The summed E-state index contributed by atoms with van der Waals surface area (Å²) in [6, 6.07) is 0. The highest BCUT2D eigenvalue weighted by Crippen LogP contribution is 2.06. The highest BCUT2D eigenvalue weighted by molar-refractivity contribution is 8.18. The van der Waals surface area contributed by atoms with Gasteiger partial charge in [-0.2, -0.15) is 0 Å². The van der Waals surface area contributed by atoms with E-state index in [-0.39, 0.29) is 0 Å². The minimum absolute atomic E-state index is 0.417. The Kier molecular flexibility index (Phi) is 4.34. The molecule has 5 heteroatoms. The van der Waals surface area contributed by atoms with Crippen LogP contribution in [0.2, 0.25) is 0 Å². The van der Waals surface area contributed by atoms with Crippen molar-refractivity contribution in [2.24, 2.45) is 0 Å². The maximum Gasteiger partial charge on any atom is 0.130 e. The molecular weight excluding hydrogens is 152 g/mol. The highest BCUT2D eigenvalue weighted by Gasteiger charge is 1.76. The van der Waals surface area contributed by atoms with Gasteiger partial charge in [0.05, 0.1) is 0 Å². The lowest BCUT2D eigenvalue weighted by atomic mass is 11.7. The molecule has 1 nitrogen and oxygen atoms in total. The van der Waals surface area contributed by atoms with Gasteiger partial charge in [-0.15, -0.1) is 0 Å². The summed E-state index contributed by atoms with van der Waals surface area (Å²) in [6.45, 7) is 0. The molecule has 0 aliphatic carbocycles. The number of rotatable bonds is 2. The van der Waals surface area contributed by atoms with Crippen LogP contribution >= 0.6 is 14.7 Å². The van der Waals surface area contributed by atoms with Crippen molar-refractivity contribution in [2.45, 2.75) is 0 Å². The smallest absolute Gasteiger partial charge is 0.130 e. The zero-order valence-electron chi connectivity index (χ0n) is 2.71. The lowest BCUT2D eigenvalue weighted by molar-refractivity contribution is 1.59. The molecule has 0 saturated heterocycles. The lowest BCUT2D eigenvalue weighted by Gasteiger charge is -1.67. The fraction of sp³-hybridized carbons (Fsp3) is 0. The molecule has 0 spiro atoms. The van der Waals surface area contributed by atoms with Crippen molar-refractivity contribution in [1.29, 1.82) is 5.41 Å². The minimum Gasteiger partial charge on any atom is -0.290 e. The molecule has 1 N–H and O–H groups in total. The Bertz CT molecular complexity index is 79.5. The number of hydrogen-bond acceptors (Lipinski definition) is 3. The van der Waals surface area contributed by atoms with E-state index in [0.29, 0.717) is 19.9 Å². The van der Waals surface area contributed by atoms with Crippen LogP contribution in [0, 0.1) is 5.41 Å². The number of hydrogen-bond donors (Lipinski definition) is 1. The van der Waals surface area contributed by atoms with Gasteiger partial charge in [0.25, 0.3) is 0 Å². The van der Waals surface area contributed by atoms with Gasteiger partial charge in [0.15, 0.2) is 0 Å². The van der Waals surface area contributed by atoms with E-state index < -0.39 is 0 Å². The normalized spacial score (nSPS) is 9.33. The van der Waals surface area contributed by atoms with Crippen LogP contribution in [0.5, 0.6) is 0 Å². The van der Waals surface area contributed by atoms with Gasteiger partial charge in [-0.25, -0.2) is 0 Å². The molecule has 0 amide bonds. The second kappa shape index (κ2) is 3.89. The molecule has 0 unspecified atom stereocenters. The van der Waals surface area contributed by atoms with E-state index in [1.54, 1.807) is 0 Å². The minimum atomic E-state index is 0.417. The van der Waals surface area contributed by atoms with Crippen molar-refractivity contribution < 1.29 is 0 Å². The second-order valence-corrected chi connectivity index (χ2v) is 3.21. The third-order valence-electron chi connectivity index (χ3n) is 0.173. The van der Waals surface area contributed by atoms with Crippen LogP contribution in [-0.2, 0) is 23.6 Å². The van der Waals surface area contributed by atoms with Crippen molar-refractivity contribution >= 4 is 43.5 Å². The Balaban J connectivity index is 3.52. The Labute approximate surface area is 49.3 Å². The molecule has 0 bridgehead atoms. The van der Waals surface area contributed by atoms with Crippen LogP contribution in [0.1, 0.15) is 0 Å². The molecule has 0 saturated carbocycles. The van der Waals surface area contributed by atoms with Crippen molar-refractivity contribution in [3.63, 3.8) is 0 Å². The van der Waals surface area contributed by atoms with Gasteiger partial charge in [-0.05, 0) is 0 Å². The summed E-state index contributed by atoms with van der Waals surface area (Å²) in [5.74, 6) is 0. The molecular formula is CHNP2S2. The third-order valence-corrected chi connectivity index (χ3v) is 3.03. The topological polar surface area (TPSA) is 23.9 Å². The maximum absolute atomic E-state index is 6.75. The summed E-state index contributed by atoms with van der Waals surface area (Å²) in [5, 5.41) is 7.17. The van der Waals surface area contributed by atoms with Crippen molar-refractivity contribution in [2.75, 3.05) is 0 Å². The first-order valence-corrected chi connectivity index (χ1v) is 4.88. The highest BCUT2D eigenvalue weighted by atomic mass is 32.4. The Morgan fingerprint density at radius 3 is 1.67 bits per heavy atom. The molecule has 6 heavy (non-hydrogen) atoms. The first-order valence-electron chi connectivity index (χ1n) is 1.06. The fourth-order valence-electron chi connectivity index (χ4n) is 0.0167. The molecule has 0 aromatic carbocycles. The van der Waals surface area contributed by atoms with Gasteiger partial charge in [0.1, 0.15) is 5.19 Å². The summed E-state index contributed by atoms with van der Waals surface area (Å²) in [7, 11) is 1.16. The molecule has 0 fully saturated rings. The van der Waals surface area contributed by atoms with E-state index in [1.165, 1.54) is 0 Å². The second-order valence-electron chi connectivity index (χ2n) is 0.506. The predicted octanol–water partition coefficient (Wildman–Crippen LogP) is 1.74. The van der Waals surface area contributed by atoms with Gasteiger partial charge in [0, 0.05) is 14.7 Å². The predicted molar refractivity (Wildman–Crippen MR) is 36.3 cm³/mol. The van der Waals surface area contributed by atoms with Crippen LogP contribution in [-0.4, -0.2) is 5.19 Å². The van der Waals surface area contributed by atoms with Gasteiger partial charge in [-0.1, -0.05) is 23.6 Å². The standard InChI is InChI=1S/CHNP2S2/c2-1(3-5)4-6/h2H. The van der Waals surface area contributed by atoms with Gasteiger partial charge < -0.3 is 0 Å². The van der Waals surface area contributed by atoms with Crippen LogP contribution in [0.4, 0.5) is 0 Å². The molecule has 0 aliphatic heterocycles. The Morgan fingerprint density at radius 2 is 1.67 bits per heavy atom. The molecule has 0 aromatic heterocycles. The molecule has 0 rings (SSSR count). The largest absolute Gasteiger partial charge is 0.290 e. The monoisotopic (exact) mass is 153 g/mol. The first kappa shape index (κ1) is 6.71. The summed E-state index contributed by atoms with van der Waals surface area (Å²) in [5.41, 5.74) is 0. The van der Waals surface area contributed by atoms with Crippen molar-refractivity contribution in [3.8, 4) is 0 Å². The molecule has 32 valence electrons. The number of nitrogens with one attached hydrogen (secondary N) is 1. The molecule has 0 radical (unpaired) electrons. The summed E-state index contributed by atoms with van der Waals surface area (Å²) in [4.78, 5) is 0. The maximum atomic E-state index is 6.75.